The Morgan fingerprint density at radius 2 is 1.80 bits per heavy atom. The molecule has 1 heterocycles. The summed E-state index contributed by atoms with van der Waals surface area (Å²) in [6, 6.07) is 8.11. The second-order valence-corrected chi connectivity index (χ2v) is 10.1. The van der Waals surface area contributed by atoms with Crippen molar-refractivity contribution in [2.75, 3.05) is 31.1 Å². The van der Waals surface area contributed by atoms with Crippen LogP contribution in [0.2, 0.25) is 10.0 Å². The highest BCUT2D eigenvalue weighted by atomic mass is 35.5. The van der Waals surface area contributed by atoms with Crippen LogP contribution < -0.4 is 10.2 Å². The van der Waals surface area contributed by atoms with Crippen LogP contribution in [0.5, 0.6) is 0 Å². The fourth-order valence-electron chi connectivity index (χ4n) is 3.85. The first kappa shape index (κ1) is 26.8. The van der Waals surface area contributed by atoms with Gasteiger partial charge in [0, 0.05) is 53.9 Å². The molecule has 188 valence electrons. The Morgan fingerprint density at radius 3 is 2.40 bits per heavy atom. The second kappa shape index (κ2) is 11.3. The van der Waals surface area contributed by atoms with E-state index in [4.69, 9.17) is 27.9 Å². The van der Waals surface area contributed by atoms with Gasteiger partial charge in [0.2, 0.25) is 5.91 Å². The summed E-state index contributed by atoms with van der Waals surface area (Å²) in [5.41, 5.74) is 0.801. The fraction of sp³-hybridized carbons (Fsp3) is 0.400. The summed E-state index contributed by atoms with van der Waals surface area (Å²) < 4.78 is 18.9. The van der Waals surface area contributed by atoms with E-state index in [-0.39, 0.29) is 17.9 Å². The Morgan fingerprint density at radius 1 is 1.11 bits per heavy atom. The zero-order valence-corrected chi connectivity index (χ0v) is 21.3. The van der Waals surface area contributed by atoms with Gasteiger partial charge in [0.05, 0.1) is 0 Å². The summed E-state index contributed by atoms with van der Waals surface area (Å²) in [5, 5.41) is 3.54. The number of amides is 2. The minimum absolute atomic E-state index is 0.154. The molecule has 0 aliphatic carbocycles. The first-order valence-electron chi connectivity index (χ1n) is 11.2. The predicted molar refractivity (Wildman–Crippen MR) is 134 cm³/mol. The minimum atomic E-state index is -0.911. The Balaban J connectivity index is 1.74. The summed E-state index contributed by atoms with van der Waals surface area (Å²) in [5.74, 6) is -0.766. The van der Waals surface area contributed by atoms with Crippen molar-refractivity contribution in [3.8, 4) is 0 Å². The Hall–Kier alpha value is -2.84. The lowest BCUT2D eigenvalue weighted by Crippen LogP contribution is -2.56. The van der Waals surface area contributed by atoms with Crippen LogP contribution in [0.25, 0.3) is 0 Å². The average molecular weight is 524 g/mol. The molecule has 3 rings (SSSR count). The Labute approximate surface area is 214 Å². The molecule has 1 fully saturated rings. The molecule has 1 aliphatic heterocycles. The summed E-state index contributed by atoms with van der Waals surface area (Å²) >= 11 is 12.3. The van der Waals surface area contributed by atoms with E-state index in [1.807, 2.05) is 4.90 Å². The molecule has 1 aliphatic rings. The van der Waals surface area contributed by atoms with Crippen LogP contribution in [0.3, 0.4) is 0 Å². The van der Waals surface area contributed by atoms with Crippen molar-refractivity contribution in [1.29, 1.82) is 0 Å². The molecule has 2 aromatic rings. The summed E-state index contributed by atoms with van der Waals surface area (Å²) in [4.78, 5) is 40.9. The van der Waals surface area contributed by atoms with E-state index in [1.54, 1.807) is 49.9 Å². The summed E-state index contributed by atoms with van der Waals surface area (Å²) in [7, 11) is 0. The number of piperazine rings is 1. The molecule has 1 saturated heterocycles. The highest BCUT2D eigenvalue weighted by Gasteiger charge is 2.31. The number of rotatable bonds is 6. The molecular formula is C25H28Cl2FN3O4. The van der Waals surface area contributed by atoms with Crippen molar-refractivity contribution < 1.29 is 23.5 Å². The number of alkyl carbamates (subject to hydrolysis) is 1. The molecule has 2 amide bonds. The fourth-order valence-corrected chi connectivity index (χ4v) is 4.34. The van der Waals surface area contributed by atoms with E-state index in [0.29, 0.717) is 53.8 Å². The van der Waals surface area contributed by atoms with Gasteiger partial charge in [-0.3, -0.25) is 9.59 Å². The van der Waals surface area contributed by atoms with Gasteiger partial charge in [-0.15, -0.1) is 0 Å². The smallest absolute Gasteiger partial charge is 0.408 e. The number of carbonyl (C=O) groups excluding carboxylic acids is 3. The van der Waals surface area contributed by atoms with Crippen LogP contribution in [-0.2, 0) is 16.0 Å². The van der Waals surface area contributed by atoms with Crippen LogP contribution in [0.1, 0.15) is 36.7 Å². The van der Waals surface area contributed by atoms with Gasteiger partial charge in [-0.2, -0.15) is 0 Å². The molecule has 2 aromatic carbocycles. The third kappa shape index (κ3) is 7.32. The van der Waals surface area contributed by atoms with Gasteiger partial charge in [0.1, 0.15) is 17.5 Å². The molecule has 7 nitrogen and oxygen atoms in total. The van der Waals surface area contributed by atoms with Gasteiger partial charge in [-0.25, -0.2) is 9.18 Å². The topological polar surface area (TPSA) is 79.0 Å². The number of carbonyl (C=O) groups is 3. The van der Waals surface area contributed by atoms with Crippen molar-refractivity contribution in [3.63, 3.8) is 0 Å². The van der Waals surface area contributed by atoms with Crippen LogP contribution in [0.15, 0.2) is 36.4 Å². The number of ether oxygens (including phenoxy) is 1. The van der Waals surface area contributed by atoms with Crippen molar-refractivity contribution in [1.82, 2.24) is 10.2 Å². The van der Waals surface area contributed by atoms with Gasteiger partial charge >= 0.3 is 6.09 Å². The standard InChI is InChI=1S/C25H28Cl2FN3O4/c1-25(2,3)35-24(34)29-21(13-16-4-5-18(26)14-20(16)27)23(33)31-10-8-30(9-11-31)22-7-6-19(28)12-17(22)15-32/h4-7,12,14-15,21H,8-11,13H2,1-3H3,(H,29,34)/t21-/m1/s1. The maximum atomic E-state index is 13.5. The number of nitrogens with zero attached hydrogens (tertiary/aromatic N) is 2. The number of hydrogen-bond donors (Lipinski definition) is 1. The first-order valence-corrected chi connectivity index (χ1v) is 11.9. The third-order valence-corrected chi connectivity index (χ3v) is 6.06. The quantitative estimate of drug-likeness (QED) is 0.553. The highest BCUT2D eigenvalue weighted by Crippen LogP contribution is 2.24. The van der Waals surface area contributed by atoms with Crippen LogP contribution in [0, 0.1) is 5.82 Å². The van der Waals surface area contributed by atoms with Gasteiger partial charge in [-0.1, -0.05) is 29.3 Å². The van der Waals surface area contributed by atoms with Gasteiger partial charge in [0.15, 0.2) is 6.29 Å². The number of anilines is 1. The third-order valence-electron chi connectivity index (χ3n) is 5.48. The van der Waals surface area contributed by atoms with Crippen molar-refractivity contribution in [3.05, 3.63) is 63.4 Å². The lowest BCUT2D eigenvalue weighted by molar-refractivity contribution is -0.133. The van der Waals surface area contributed by atoms with E-state index in [1.165, 1.54) is 12.1 Å². The second-order valence-electron chi connectivity index (χ2n) is 9.27. The molecule has 1 atom stereocenters. The Bertz CT molecular complexity index is 1100. The number of hydrogen-bond acceptors (Lipinski definition) is 5. The van der Waals surface area contributed by atoms with Crippen molar-refractivity contribution >= 4 is 47.2 Å². The van der Waals surface area contributed by atoms with E-state index in [0.717, 1.165) is 0 Å². The molecule has 0 radical (unpaired) electrons. The van der Waals surface area contributed by atoms with E-state index < -0.39 is 23.6 Å². The van der Waals surface area contributed by atoms with Crippen LogP contribution in [-0.4, -0.2) is 61.0 Å². The Kier molecular flexibility index (Phi) is 8.61. The van der Waals surface area contributed by atoms with Crippen molar-refractivity contribution in [2.45, 2.75) is 38.8 Å². The molecule has 0 saturated carbocycles. The zero-order chi connectivity index (χ0) is 25.8. The van der Waals surface area contributed by atoms with E-state index in [9.17, 15) is 18.8 Å². The molecule has 0 spiro atoms. The molecule has 35 heavy (non-hydrogen) atoms. The maximum Gasteiger partial charge on any atom is 0.408 e. The van der Waals surface area contributed by atoms with E-state index in [2.05, 4.69) is 5.32 Å². The SMILES string of the molecule is CC(C)(C)OC(=O)N[C@H](Cc1ccc(Cl)cc1Cl)C(=O)N1CCN(c2ccc(F)cc2C=O)CC1. The molecule has 0 unspecified atom stereocenters. The van der Waals surface area contributed by atoms with Gasteiger partial charge in [-0.05, 0) is 56.7 Å². The molecule has 0 aromatic heterocycles. The lowest BCUT2D eigenvalue weighted by Gasteiger charge is -2.38. The number of halogens is 3. The zero-order valence-electron chi connectivity index (χ0n) is 19.8. The molecule has 0 bridgehead atoms. The highest BCUT2D eigenvalue weighted by molar-refractivity contribution is 6.35. The predicted octanol–water partition coefficient (Wildman–Crippen LogP) is 4.73. The number of benzene rings is 2. The lowest BCUT2D eigenvalue weighted by atomic mass is 10.0. The molecule has 10 heteroatoms. The normalized spacial score (nSPS) is 14.9. The summed E-state index contributed by atoms with van der Waals surface area (Å²) in [6.07, 6.45) is 0.0650. The van der Waals surface area contributed by atoms with Crippen molar-refractivity contribution in [2.24, 2.45) is 0 Å². The average Bonchev–Trinajstić information content (AvgIpc) is 2.78. The first-order chi connectivity index (χ1) is 16.5. The molecule has 1 N–H and O–H groups in total. The number of aldehydes is 1. The van der Waals surface area contributed by atoms with Gasteiger partial charge < -0.3 is 19.9 Å². The van der Waals surface area contributed by atoms with E-state index >= 15 is 0 Å². The summed E-state index contributed by atoms with van der Waals surface area (Å²) in [6.45, 7) is 6.81. The molecular weight excluding hydrogens is 496 g/mol. The van der Waals surface area contributed by atoms with Gasteiger partial charge in [0.25, 0.3) is 0 Å². The van der Waals surface area contributed by atoms with Crippen LogP contribution >= 0.6 is 23.2 Å². The largest absolute Gasteiger partial charge is 0.444 e. The van der Waals surface area contributed by atoms with Crippen LogP contribution in [0.4, 0.5) is 14.9 Å². The number of nitrogens with one attached hydrogen (secondary N) is 1. The minimum Gasteiger partial charge on any atom is -0.444 e. The maximum absolute atomic E-state index is 13.5. The monoisotopic (exact) mass is 523 g/mol.